The Hall–Kier alpha value is -3.36. The SMILES string of the molecule is CCOc1cccnc1NC(=O)c1coc(-c2ccc(C(F)(F)F)cc2)n1. The first kappa shape index (κ1) is 18.4. The van der Waals surface area contributed by atoms with Gasteiger partial charge in [-0.2, -0.15) is 13.2 Å². The Labute approximate surface area is 152 Å². The van der Waals surface area contributed by atoms with Crippen LogP contribution in [-0.4, -0.2) is 22.5 Å². The number of carbonyl (C=O) groups is 1. The molecular weight excluding hydrogens is 363 g/mol. The van der Waals surface area contributed by atoms with Crippen LogP contribution >= 0.6 is 0 Å². The maximum absolute atomic E-state index is 12.6. The Balaban J connectivity index is 1.77. The smallest absolute Gasteiger partial charge is 0.416 e. The summed E-state index contributed by atoms with van der Waals surface area (Å²) in [6.45, 7) is 2.20. The Bertz CT molecular complexity index is 937. The minimum Gasteiger partial charge on any atom is -0.490 e. The lowest BCUT2D eigenvalue weighted by Gasteiger charge is -2.08. The fourth-order valence-electron chi connectivity index (χ4n) is 2.24. The number of hydrogen-bond acceptors (Lipinski definition) is 5. The van der Waals surface area contributed by atoms with E-state index < -0.39 is 17.6 Å². The number of aromatic nitrogens is 2. The van der Waals surface area contributed by atoms with Crippen molar-refractivity contribution in [3.05, 3.63) is 60.1 Å². The van der Waals surface area contributed by atoms with Gasteiger partial charge in [-0.3, -0.25) is 4.79 Å². The summed E-state index contributed by atoms with van der Waals surface area (Å²) in [7, 11) is 0. The average molecular weight is 377 g/mol. The van der Waals surface area contributed by atoms with E-state index in [4.69, 9.17) is 9.15 Å². The molecule has 1 amide bonds. The van der Waals surface area contributed by atoms with Gasteiger partial charge in [-0.05, 0) is 43.3 Å². The number of pyridine rings is 1. The highest BCUT2D eigenvalue weighted by Crippen LogP contribution is 2.31. The van der Waals surface area contributed by atoms with Gasteiger partial charge in [-0.25, -0.2) is 9.97 Å². The third kappa shape index (κ3) is 4.25. The lowest BCUT2D eigenvalue weighted by molar-refractivity contribution is -0.137. The van der Waals surface area contributed by atoms with E-state index in [1.807, 2.05) is 0 Å². The van der Waals surface area contributed by atoms with Gasteiger partial charge in [-0.15, -0.1) is 0 Å². The number of halogens is 3. The second-order valence-electron chi connectivity index (χ2n) is 5.35. The van der Waals surface area contributed by atoms with Crippen molar-refractivity contribution >= 4 is 11.7 Å². The molecular formula is C18H14F3N3O3. The zero-order valence-corrected chi connectivity index (χ0v) is 14.1. The molecule has 1 N–H and O–H groups in total. The molecule has 9 heteroatoms. The van der Waals surface area contributed by atoms with Crippen LogP contribution in [0.15, 0.2) is 53.3 Å². The van der Waals surface area contributed by atoms with E-state index in [9.17, 15) is 18.0 Å². The third-order valence-electron chi connectivity index (χ3n) is 3.50. The number of ether oxygens (including phenoxy) is 1. The highest BCUT2D eigenvalue weighted by molar-refractivity contribution is 6.03. The summed E-state index contributed by atoms with van der Waals surface area (Å²) >= 11 is 0. The molecule has 0 aliphatic rings. The van der Waals surface area contributed by atoms with Crippen molar-refractivity contribution < 1.29 is 27.1 Å². The van der Waals surface area contributed by atoms with E-state index in [1.54, 1.807) is 19.1 Å². The highest BCUT2D eigenvalue weighted by Gasteiger charge is 2.30. The molecule has 2 heterocycles. The zero-order chi connectivity index (χ0) is 19.4. The molecule has 3 rings (SSSR count). The first-order valence-electron chi connectivity index (χ1n) is 7.91. The zero-order valence-electron chi connectivity index (χ0n) is 14.1. The summed E-state index contributed by atoms with van der Waals surface area (Å²) in [5.74, 6) is 0.0692. The number of amides is 1. The second-order valence-corrected chi connectivity index (χ2v) is 5.35. The quantitative estimate of drug-likeness (QED) is 0.713. The predicted molar refractivity (Wildman–Crippen MR) is 90.3 cm³/mol. The van der Waals surface area contributed by atoms with Crippen LogP contribution in [-0.2, 0) is 6.18 Å². The van der Waals surface area contributed by atoms with Gasteiger partial charge in [0.15, 0.2) is 17.3 Å². The Morgan fingerprint density at radius 2 is 1.96 bits per heavy atom. The van der Waals surface area contributed by atoms with E-state index in [2.05, 4.69) is 15.3 Å². The summed E-state index contributed by atoms with van der Waals surface area (Å²) in [5, 5.41) is 2.56. The molecule has 140 valence electrons. The minimum atomic E-state index is -4.43. The molecule has 0 atom stereocenters. The fourth-order valence-corrected chi connectivity index (χ4v) is 2.24. The van der Waals surface area contributed by atoms with Crippen LogP contribution in [0.3, 0.4) is 0 Å². The molecule has 0 bridgehead atoms. The number of benzene rings is 1. The minimum absolute atomic E-state index is 0.0277. The van der Waals surface area contributed by atoms with Gasteiger partial charge < -0.3 is 14.5 Å². The van der Waals surface area contributed by atoms with E-state index in [1.165, 1.54) is 18.3 Å². The van der Waals surface area contributed by atoms with Gasteiger partial charge in [0.05, 0.1) is 12.2 Å². The van der Waals surface area contributed by atoms with E-state index in [0.29, 0.717) is 17.9 Å². The van der Waals surface area contributed by atoms with Gasteiger partial charge in [0.25, 0.3) is 5.91 Å². The molecule has 1 aromatic carbocycles. The largest absolute Gasteiger partial charge is 0.490 e. The van der Waals surface area contributed by atoms with Crippen LogP contribution in [0.1, 0.15) is 23.0 Å². The average Bonchev–Trinajstić information content (AvgIpc) is 3.13. The summed E-state index contributed by atoms with van der Waals surface area (Å²) in [5.41, 5.74) is -0.512. The summed E-state index contributed by atoms with van der Waals surface area (Å²) < 4.78 is 48.4. The van der Waals surface area contributed by atoms with Gasteiger partial charge in [0.2, 0.25) is 5.89 Å². The van der Waals surface area contributed by atoms with E-state index in [0.717, 1.165) is 18.4 Å². The number of nitrogens with one attached hydrogen (secondary N) is 1. The molecule has 0 unspecified atom stereocenters. The highest BCUT2D eigenvalue weighted by atomic mass is 19.4. The topological polar surface area (TPSA) is 77.2 Å². The number of carbonyl (C=O) groups excluding carboxylic acids is 1. The molecule has 0 radical (unpaired) electrons. The van der Waals surface area contributed by atoms with Crippen LogP contribution in [0.4, 0.5) is 19.0 Å². The first-order chi connectivity index (χ1) is 12.9. The number of rotatable bonds is 5. The normalized spacial score (nSPS) is 11.3. The van der Waals surface area contributed by atoms with E-state index >= 15 is 0 Å². The van der Waals surface area contributed by atoms with Crippen molar-refractivity contribution in [2.75, 3.05) is 11.9 Å². The van der Waals surface area contributed by atoms with Crippen LogP contribution < -0.4 is 10.1 Å². The van der Waals surface area contributed by atoms with Crippen LogP contribution in [0, 0.1) is 0 Å². The van der Waals surface area contributed by atoms with Crippen molar-refractivity contribution in [1.29, 1.82) is 0 Å². The van der Waals surface area contributed by atoms with Crippen LogP contribution in [0.5, 0.6) is 5.75 Å². The fraction of sp³-hybridized carbons (Fsp3) is 0.167. The van der Waals surface area contributed by atoms with Crippen molar-refractivity contribution in [3.63, 3.8) is 0 Å². The molecule has 0 saturated carbocycles. The molecule has 0 aliphatic heterocycles. The molecule has 0 aliphatic carbocycles. The summed E-state index contributed by atoms with van der Waals surface area (Å²) in [6.07, 6.45) is -1.82. The first-order valence-corrected chi connectivity index (χ1v) is 7.91. The van der Waals surface area contributed by atoms with Crippen molar-refractivity contribution in [1.82, 2.24) is 9.97 Å². The van der Waals surface area contributed by atoms with Gasteiger partial charge in [0.1, 0.15) is 6.26 Å². The third-order valence-corrected chi connectivity index (χ3v) is 3.50. The van der Waals surface area contributed by atoms with Crippen LogP contribution in [0.2, 0.25) is 0 Å². The lowest BCUT2D eigenvalue weighted by Crippen LogP contribution is -2.14. The molecule has 27 heavy (non-hydrogen) atoms. The lowest BCUT2D eigenvalue weighted by atomic mass is 10.1. The van der Waals surface area contributed by atoms with Gasteiger partial charge in [-0.1, -0.05) is 0 Å². The molecule has 0 saturated heterocycles. The maximum Gasteiger partial charge on any atom is 0.416 e. The van der Waals surface area contributed by atoms with E-state index in [-0.39, 0.29) is 17.4 Å². The molecule has 2 aromatic heterocycles. The number of oxazole rings is 1. The molecule has 6 nitrogen and oxygen atoms in total. The summed E-state index contributed by atoms with van der Waals surface area (Å²) in [4.78, 5) is 20.4. The number of anilines is 1. The second kappa shape index (κ2) is 7.48. The summed E-state index contributed by atoms with van der Waals surface area (Å²) in [6, 6.07) is 7.61. The Kier molecular flexibility index (Phi) is 5.11. The van der Waals surface area contributed by atoms with Crippen LogP contribution in [0.25, 0.3) is 11.5 Å². The Morgan fingerprint density at radius 3 is 2.63 bits per heavy atom. The molecule has 0 spiro atoms. The predicted octanol–water partition coefficient (Wildman–Crippen LogP) is 4.41. The van der Waals surface area contributed by atoms with Crippen molar-refractivity contribution in [2.45, 2.75) is 13.1 Å². The Morgan fingerprint density at radius 1 is 1.22 bits per heavy atom. The number of hydrogen-bond donors (Lipinski definition) is 1. The van der Waals surface area contributed by atoms with Gasteiger partial charge in [0, 0.05) is 11.8 Å². The standard InChI is InChI=1S/C18H14F3N3O3/c1-2-26-14-4-3-9-22-15(14)24-16(25)13-10-27-17(23-13)11-5-7-12(8-6-11)18(19,20)21/h3-10H,2H2,1H3,(H,22,24,25). The molecule has 0 fully saturated rings. The monoisotopic (exact) mass is 377 g/mol. The number of alkyl halides is 3. The maximum atomic E-state index is 12.6. The van der Waals surface area contributed by atoms with Gasteiger partial charge >= 0.3 is 6.18 Å². The number of nitrogens with zero attached hydrogens (tertiary/aromatic N) is 2. The van der Waals surface area contributed by atoms with Crippen molar-refractivity contribution in [3.8, 4) is 17.2 Å². The molecule has 3 aromatic rings. The van der Waals surface area contributed by atoms with Crippen molar-refractivity contribution in [2.24, 2.45) is 0 Å².